The van der Waals surface area contributed by atoms with Gasteiger partial charge in [0.15, 0.2) is 5.78 Å². The Morgan fingerprint density at radius 1 is 1.23 bits per heavy atom. The zero-order chi connectivity index (χ0) is 21.7. The molecule has 4 rings (SSSR count). The number of carbonyl (C=O) groups is 1. The standard InChI is InChI=1S/C21H22N4O4S/c1-21(2)16-10-13(29-8-7-24-30(23,27)28)4-6-14(16)19(26)18-15-5-3-12(11-22)9-17(15)25-20(18)21/h3-6,9-11,22,24-25H,7-8H2,1-2H3,(H2,23,27,28). The zero-order valence-electron chi connectivity index (χ0n) is 16.6. The fourth-order valence-electron chi connectivity index (χ4n) is 3.96. The minimum Gasteiger partial charge on any atom is -0.492 e. The number of ketones is 1. The summed E-state index contributed by atoms with van der Waals surface area (Å²) in [5.74, 6) is 0.479. The summed E-state index contributed by atoms with van der Waals surface area (Å²) in [7, 11) is -3.76. The Labute approximate surface area is 174 Å². The zero-order valence-corrected chi connectivity index (χ0v) is 17.4. The summed E-state index contributed by atoms with van der Waals surface area (Å²) < 4.78 is 29.7. The maximum atomic E-state index is 13.3. The molecule has 2 aromatic carbocycles. The Kier molecular flexibility index (Phi) is 4.76. The van der Waals surface area contributed by atoms with E-state index in [0.29, 0.717) is 16.9 Å². The van der Waals surface area contributed by atoms with E-state index in [1.807, 2.05) is 38.1 Å². The normalized spacial score (nSPS) is 15.0. The number of rotatable bonds is 6. The van der Waals surface area contributed by atoms with Crippen LogP contribution in [-0.4, -0.2) is 38.6 Å². The molecule has 0 amide bonds. The number of benzene rings is 2. The first-order valence-corrected chi connectivity index (χ1v) is 10.9. The van der Waals surface area contributed by atoms with E-state index in [-0.39, 0.29) is 18.9 Å². The van der Waals surface area contributed by atoms with Crippen molar-refractivity contribution < 1.29 is 17.9 Å². The third-order valence-corrected chi connectivity index (χ3v) is 6.03. The number of ether oxygens (including phenoxy) is 1. The van der Waals surface area contributed by atoms with Gasteiger partial charge in [0, 0.05) is 40.3 Å². The molecule has 5 N–H and O–H groups in total. The fraction of sp³-hybridized carbons (Fsp3) is 0.238. The number of hydrogen-bond donors (Lipinski definition) is 4. The lowest BCUT2D eigenvalue weighted by atomic mass is 9.71. The van der Waals surface area contributed by atoms with E-state index in [4.69, 9.17) is 15.3 Å². The number of H-pyrrole nitrogens is 1. The molecule has 8 nitrogen and oxygen atoms in total. The van der Waals surface area contributed by atoms with Gasteiger partial charge in [0.1, 0.15) is 12.4 Å². The number of fused-ring (bicyclic) bond motifs is 4. The largest absolute Gasteiger partial charge is 0.492 e. The van der Waals surface area contributed by atoms with E-state index in [2.05, 4.69) is 9.71 Å². The molecule has 30 heavy (non-hydrogen) atoms. The van der Waals surface area contributed by atoms with Crippen LogP contribution in [0.25, 0.3) is 10.9 Å². The van der Waals surface area contributed by atoms with Crippen molar-refractivity contribution in [3.63, 3.8) is 0 Å². The summed E-state index contributed by atoms with van der Waals surface area (Å²) in [5, 5.41) is 13.2. The summed E-state index contributed by atoms with van der Waals surface area (Å²) in [6, 6.07) is 10.8. The predicted molar refractivity (Wildman–Crippen MR) is 115 cm³/mol. The van der Waals surface area contributed by atoms with Gasteiger partial charge in [0.25, 0.3) is 10.2 Å². The van der Waals surface area contributed by atoms with Crippen molar-refractivity contribution in [1.29, 1.82) is 5.41 Å². The van der Waals surface area contributed by atoms with Crippen LogP contribution < -0.4 is 14.6 Å². The van der Waals surface area contributed by atoms with Crippen LogP contribution in [-0.2, 0) is 15.6 Å². The topological polar surface area (TPSA) is 138 Å². The predicted octanol–water partition coefficient (Wildman–Crippen LogP) is 2.21. The maximum Gasteiger partial charge on any atom is 0.274 e. The Bertz CT molecular complexity index is 1290. The lowest BCUT2D eigenvalue weighted by Gasteiger charge is -2.32. The van der Waals surface area contributed by atoms with Gasteiger partial charge in [-0.2, -0.15) is 13.1 Å². The minimum atomic E-state index is -3.76. The van der Waals surface area contributed by atoms with Gasteiger partial charge in [-0.05, 0) is 35.4 Å². The highest BCUT2D eigenvalue weighted by Gasteiger charge is 2.39. The van der Waals surface area contributed by atoms with Crippen LogP contribution in [0.4, 0.5) is 0 Å². The second-order valence-corrected chi connectivity index (χ2v) is 9.15. The van der Waals surface area contributed by atoms with Crippen LogP contribution in [0.15, 0.2) is 36.4 Å². The molecule has 1 aliphatic carbocycles. The highest BCUT2D eigenvalue weighted by molar-refractivity contribution is 7.87. The van der Waals surface area contributed by atoms with Crippen LogP contribution in [0, 0.1) is 5.41 Å². The number of nitrogens with one attached hydrogen (secondary N) is 3. The number of hydrogen-bond acceptors (Lipinski definition) is 5. The lowest BCUT2D eigenvalue weighted by molar-refractivity contribution is 0.103. The van der Waals surface area contributed by atoms with Gasteiger partial charge in [0.2, 0.25) is 0 Å². The number of aromatic amines is 1. The molecule has 3 aromatic rings. The van der Waals surface area contributed by atoms with E-state index in [9.17, 15) is 13.2 Å². The third kappa shape index (κ3) is 3.41. The Hall–Kier alpha value is -3.01. The van der Waals surface area contributed by atoms with Crippen molar-refractivity contribution in [2.45, 2.75) is 19.3 Å². The van der Waals surface area contributed by atoms with E-state index in [1.165, 1.54) is 6.21 Å². The number of carbonyl (C=O) groups excluding carboxylic acids is 1. The van der Waals surface area contributed by atoms with Crippen LogP contribution in [0.1, 0.15) is 46.6 Å². The summed E-state index contributed by atoms with van der Waals surface area (Å²) >= 11 is 0. The minimum absolute atomic E-state index is 0.0414. The summed E-state index contributed by atoms with van der Waals surface area (Å²) in [6.45, 7) is 4.22. The van der Waals surface area contributed by atoms with Crippen molar-refractivity contribution in [3.05, 3.63) is 64.3 Å². The molecule has 9 heteroatoms. The molecule has 1 aliphatic rings. The molecular formula is C21H22N4O4S. The molecule has 0 bridgehead atoms. The van der Waals surface area contributed by atoms with Gasteiger partial charge >= 0.3 is 0 Å². The molecule has 0 saturated carbocycles. The Morgan fingerprint density at radius 3 is 2.70 bits per heavy atom. The molecule has 0 atom stereocenters. The smallest absolute Gasteiger partial charge is 0.274 e. The highest BCUT2D eigenvalue weighted by atomic mass is 32.2. The summed E-state index contributed by atoms with van der Waals surface area (Å²) in [4.78, 5) is 16.7. The first kappa shape index (κ1) is 20.3. The summed E-state index contributed by atoms with van der Waals surface area (Å²) in [5.41, 5.74) is 4.01. The molecule has 0 aliphatic heterocycles. The van der Waals surface area contributed by atoms with Gasteiger partial charge in [-0.15, -0.1) is 0 Å². The molecule has 0 fully saturated rings. The Balaban J connectivity index is 1.71. The molecule has 0 unspecified atom stereocenters. The highest BCUT2D eigenvalue weighted by Crippen LogP contribution is 2.44. The monoisotopic (exact) mass is 426 g/mol. The van der Waals surface area contributed by atoms with Gasteiger partial charge in [-0.1, -0.05) is 26.0 Å². The van der Waals surface area contributed by atoms with Crippen LogP contribution in [0.5, 0.6) is 5.75 Å². The molecule has 0 radical (unpaired) electrons. The van der Waals surface area contributed by atoms with E-state index in [1.54, 1.807) is 12.1 Å². The number of aromatic nitrogens is 1. The van der Waals surface area contributed by atoms with E-state index >= 15 is 0 Å². The van der Waals surface area contributed by atoms with Gasteiger partial charge in [0.05, 0.1) is 5.56 Å². The third-order valence-electron chi connectivity index (χ3n) is 5.42. The first-order chi connectivity index (χ1) is 14.1. The molecule has 0 spiro atoms. The molecule has 0 saturated heterocycles. The second-order valence-electron chi connectivity index (χ2n) is 7.77. The fourth-order valence-corrected chi connectivity index (χ4v) is 4.33. The van der Waals surface area contributed by atoms with Gasteiger partial charge < -0.3 is 15.1 Å². The molecule has 1 aromatic heterocycles. The quantitative estimate of drug-likeness (QED) is 0.354. The van der Waals surface area contributed by atoms with Crippen LogP contribution >= 0.6 is 0 Å². The second kappa shape index (κ2) is 7.05. The Morgan fingerprint density at radius 2 is 2.00 bits per heavy atom. The van der Waals surface area contributed by atoms with Crippen LogP contribution in [0.3, 0.4) is 0 Å². The lowest BCUT2D eigenvalue weighted by Crippen LogP contribution is -2.34. The SMILES string of the molecule is CC1(C)c2cc(OCCNS(N)(=O)=O)ccc2C(=O)c2c1[nH]c1cc(C=N)ccc21. The van der Waals surface area contributed by atoms with E-state index < -0.39 is 15.6 Å². The van der Waals surface area contributed by atoms with Crippen molar-refractivity contribution in [2.24, 2.45) is 5.14 Å². The van der Waals surface area contributed by atoms with Crippen molar-refractivity contribution in [3.8, 4) is 5.75 Å². The molecule has 1 heterocycles. The van der Waals surface area contributed by atoms with Gasteiger partial charge in [-0.3, -0.25) is 4.79 Å². The van der Waals surface area contributed by atoms with Gasteiger partial charge in [-0.25, -0.2) is 5.14 Å². The summed E-state index contributed by atoms with van der Waals surface area (Å²) in [6.07, 6.45) is 1.27. The number of nitrogens with two attached hydrogens (primary N) is 1. The molecular weight excluding hydrogens is 404 g/mol. The average Bonchev–Trinajstić information content (AvgIpc) is 3.09. The van der Waals surface area contributed by atoms with Crippen molar-refractivity contribution in [1.82, 2.24) is 9.71 Å². The average molecular weight is 426 g/mol. The molecule has 156 valence electrons. The van der Waals surface area contributed by atoms with E-state index in [0.717, 1.165) is 27.7 Å². The van der Waals surface area contributed by atoms with Crippen LogP contribution in [0.2, 0.25) is 0 Å². The first-order valence-electron chi connectivity index (χ1n) is 9.38. The maximum absolute atomic E-state index is 13.3. The van der Waals surface area contributed by atoms with Crippen molar-refractivity contribution in [2.75, 3.05) is 13.2 Å². The van der Waals surface area contributed by atoms with Crippen molar-refractivity contribution >= 4 is 33.1 Å².